The van der Waals surface area contributed by atoms with E-state index in [4.69, 9.17) is 4.74 Å². The van der Waals surface area contributed by atoms with Gasteiger partial charge in [0.05, 0.1) is 19.7 Å². The quantitative estimate of drug-likeness (QED) is 0.539. The van der Waals surface area contributed by atoms with Crippen LogP contribution in [0, 0.1) is 5.92 Å². The third-order valence-corrected chi connectivity index (χ3v) is 3.79. The van der Waals surface area contributed by atoms with Gasteiger partial charge in [0, 0.05) is 12.8 Å². The Labute approximate surface area is 118 Å². The Kier molecular flexibility index (Phi) is 7.80. The summed E-state index contributed by atoms with van der Waals surface area (Å²) < 4.78 is 5.33. The van der Waals surface area contributed by atoms with Gasteiger partial charge in [0.2, 0.25) is 0 Å². The third-order valence-electron chi connectivity index (χ3n) is 3.79. The summed E-state index contributed by atoms with van der Waals surface area (Å²) in [5.41, 5.74) is 1.38. The van der Waals surface area contributed by atoms with E-state index in [1.54, 1.807) is 0 Å². The summed E-state index contributed by atoms with van der Waals surface area (Å²) in [6, 6.07) is 0. The smallest absolute Gasteiger partial charge is 0.361 e. The van der Waals surface area contributed by atoms with Gasteiger partial charge in [0.25, 0.3) is 0 Å². The summed E-state index contributed by atoms with van der Waals surface area (Å²) in [5, 5.41) is 0. The van der Waals surface area contributed by atoms with Crippen molar-refractivity contribution in [2.75, 3.05) is 26.2 Å². The number of ether oxygens (including phenoxy) is 1. The average molecular weight is 268 g/mol. The second kappa shape index (κ2) is 9.13. The third kappa shape index (κ3) is 8.04. The van der Waals surface area contributed by atoms with Crippen LogP contribution in [-0.2, 0) is 9.53 Å². The average Bonchev–Trinajstić information content (AvgIpc) is 2.81. The molecule has 1 heterocycles. The Balaban J connectivity index is 2.02. The molecule has 1 aliphatic rings. The van der Waals surface area contributed by atoms with E-state index < -0.39 is 0 Å². The SMILES string of the molecule is CC(C)=CCC[C@H](C)CCOC(=O)C[NH+]1CCCC1. The molecular formula is C16H30NO2+. The number of carbonyl (C=O) groups excluding carboxylic acids is 1. The monoisotopic (exact) mass is 268 g/mol. The van der Waals surface area contributed by atoms with Crippen molar-refractivity contribution in [1.29, 1.82) is 0 Å². The highest BCUT2D eigenvalue weighted by Crippen LogP contribution is 2.11. The first-order valence-electron chi connectivity index (χ1n) is 7.70. The predicted octanol–water partition coefficient (Wildman–Crippen LogP) is 1.98. The van der Waals surface area contributed by atoms with Crippen LogP contribution in [-0.4, -0.2) is 32.2 Å². The zero-order valence-corrected chi connectivity index (χ0v) is 12.8. The van der Waals surface area contributed by atoms with Crippen molar-refractivity contribution in [2.24, 2.45) is 5.92 Å². The van der Waals surface area contributed by atoms with Crippen molar-refractivity contribution < 1.29 is 14.4 Å². The van der Waals surface area contributed by atoms with Gasteiger partial charge in [-0.1, -0.05) is 18.6 Å². The van der Waals surface area contributed by atoms with Gasteiger partial charge >= 0.3 is 5.97 Å². The Morgan fingerprint density at radius 3 is 2.58 bits per heavy atom. The fraction of sp³-hybridized carbons (Fsp3) is 0.812. The molecule has 110 valence electrons. The lowest BCUT2D eigenvalue weighted by molar-refractivity contribution is -0.879. The molecule has 0 radical (unpaired) electrons. The van der Waals surface area contributed by atoms with Gasteiger partial charge in [-0.2, -0.15) is 0 Å². The number of hydrogen-bond donors (Lipinski definition) is 1. The van der Waals surface area contributed by atoms with Crippen LogP contribution in [0.4, 0.5) is 0 Å². The molecule has 0 aromatic rings. The van der Waals surface area contributed by atoms with Crippen LogP contribution in [0.3, 0.4) is 0 Å². The lowest BCUT2D eigenvalue weighted by Crippen LogP contribution is -3.11. The lowest BCUT2D eigenvalue weighted by atomic mass is 10.0. The molecule has 0 bridgehead atoms. The van der Waals surface area contributed by atoms with Crippen molar-refractivity contribution in [3.63, 3.8) is 0 Å². The van der Waals surface area contributed by atoms with E-state index in [-0.39, 0.29) is 5.97 Å². The first kappa shape index (κ1) is 16.2. The lowest BCUT2D eigenvalue weighted by Gasteiger charge is -2.13. The van der Waals surface area contributed by atoms with E-state index in [0.717, 1.165) is 25.9 Å². The second-order valence-corrected chi connectivity index (χ2v) is 6.11. The molecule has 1 atom stereocenters. The van der Waals surface area contributed by atoms with Crippen LogP contribution in [0.2, 0.25) is 0 Å². The van der Waals surface area contributed by atoms with Crippen LogP contribution in [0.25, 0.3) is 0 Å². The molecule has 0 saturated carbocycles. The largest absolute Gasteiger partial charge is 0.462 e. The van der Waals surface area contributed by atoms with Gasteiger partial charge in [-0.3, -0.25) is 0 Å². The van der Waals surface area contributed by atoms with Gasteiger partial charge in [-0.05, 0) is 39.0 Å². The molecule has 3 heteroatoms. The van der Waals surface area contributed by atoms with E-state index in [1.165, 1.54) is 29.7 Å². The highest BCUT2D eigenvalue weighted by atomic mass is 16.5. The number of carbonyl (C=O) groups is 1. The van der Waals surface area contributed by atoms with Crippen molar-refractivity contribution in [3.8, 4) is 0 Å². The van der Waals surface area contributed by atoms with Crippen molar-refractivity contribution in [3.05, 3.63) is 11.6 Å². The zero-order valence-electron chi connectivity index (χ0n) is 12.8. The number of hydrogen-bond acceptors (Lipinski definition) is 2. The molecule has 1 fully saturated rings. The number of esters is 1. The Morgan fingerprint density at radius 1 is 1.26 bits per heavy atom. The highest BCUT2D eigenvalue weighted by Gasteiger charge is 2.19. The fourth-order valence-corrected chi connectivity index (χ4v) is 2.48. The fourth-order valence-electron chi connectivity index (χ4n) is 2.48. The Hall–Kier alpha value is -0.830. The number of allylic oxidation sites excluding steroid dienone is 2. The van der Waals surface area contributed by atoms with Crippen molar-refractivity contribution in [2.45, 2.75) is 52.9 Å². The molecule has 1 rings (SSSR count). The standard InChI is InChI=1S/C16H29NO2/c1-14(2)7-6-8-15(3)9-12-19-16(18)13-17-10-4-5-11-17/h7,15H,4-6,8-13H2,1-3H3/p+1/t15-/m0/s1. The summed E-state index contributed by atoms with van der Waals surface area (Å²) in [7, 11) is 0. The maximum Gasteiger partial charge on any atom is 0.361 e. The van der Waals surface area contributed by atoms with E-state index in [1.807, 2.05) is 0 Å². The number of likely N-dealkylation sites (tertiary alicyclic amines) is 1. The minimum atomic E-state index is -0.0200. The first-order valence-corrected chi connectivity index (χ1v) is 7.70. The minimum absolute atomic E-state index is 0.0200. The molecule has 1 N–H and O–H groups in total. The van der Waals surface area contributed by atoms with Gasteiger partial charge in [-0.15, -0.1) is 0 Å². The van der Waals surface area contributed by atoms with Crippen LogP contribution in [0.1, 0.15) is 52.9 Å². The Bertz CT molecular complexity index is 289. The summed E-state index contributed by atoms with van der Waals surface area (Å²) in [4.78, 5) is 13.0. The molecule has 1 aliphatic heterocycles. The van der Waals surface area contributed by atoms with Crippen LogP contribution >= 0.6 is 0 Å². The summed E-state index contributed by atoms with van der Waals surface area (Å²) in [6.45, 7) is 9.91. The number of rotatable bonds is 8. The van der Waals surface area contributed by atoms with Crippen LogP contribution in [0.5, 0.6) is 0 Å². The maximum atomic E-state index is 11.6. The van der Waals surface area contributed by atoms with Gasteiger partial charge in [0.1, 0.15) is 0 Å². The van der Waals surface area contributed by atoms with Gasteiger partial charge in [-0.25, -0.2) is 4.79 Å². The van der Waals surface area contributed by atoms with Crippen molar-refractivity contribution in [1.82, 2.24) is 0 Å². The van der Waals surface area contributed by atoms with Gasteiger partial charge < -0.3 is 9.64 Å². The first-order chi connectivity index (χ1) is 9.08. The van der Waals surface area contributed by atoms with E-state index >= 15 is 0 Å². The normalized spacial score (nSPS) is 17.2. The van der Waals surface area contributed by atoms with Gasteiger partial charge in [0.15, 0.2) is 6.54 Å². The molecule has 1 saturated heterocycles. The highest BCUT2D eigenvalue weighted by molar-refractivity contribution is 5.70. The van der Waals surface area contributed by atoms with Crippen molar-refractivity contribution >= 4 is 5.97 Å². The van der Waals surface area contributed by atoms with E-state index in [0.29, 0.717) is 19.1 Å². The number of quaternary nitrogens is 1. The minimum Gasteiger partial charge on any atom is -0.462 e. The molecule has 0 aromatic heterocycles. The predicted molar refractivity (Wildman–Crippen MR) is 78.2 cm³/mol. The van der Waals surface area contributed by atoms with Crippen LogP contribution < -0.4 is 4.90 Å². The van der Waals surface area contributed by atoms with E-state index in [2.05, 4.69) is 26.8 Å². The topological polar surface area (TPSA) is 30.7 Å². The summed E-state index contributed by atoms with van der Waals surface area (Å²) >= 11 is 0. The summed E-state index contributed by atoms with van der Waals surface area (Å²) in [6.07, 6.45) is 8.08. The molecule has 0 amide bonds. The molecule has 0 aliphatic carbocycles. The maximum absolute atomic E-state index is 11.6. The molecule has 19 heavy (non-hydrogen) atoms. The molecule has 0 aromatic carbocycles. The molecular weight excluding hydrogens is 238 g/mol. The molecule has 0 spiro atoms. The molecule has 0 unspecified atom stereocenters. The molecule has 3 nitrogen and oxygen atoms in total. The van der Waals surface area contributed by atoms with E-state index in [9.17, 15) is 4.79 Å². The Morgan fingerprint density at radius 2 is 1.95 bits per heavy atom. The second-order valence-electron chi connectivity index (χ2n) is 6.11. The zero-order chi connectivity index (χ0) is 14.1. The van der Waals surface area contributed by atoms with Crippen LogP contribution in [0.15, 0.2) is 11.6 Å². The number of nitrogens with one attached hydrogen (secondary N) is 1. The summed E-state index contributed by atoms with van der Waals surface area (Å²) in [5.74, 6) is 0.607.